The van der Waals surface area contributed by atoms with E-state index in [0.717, 1.165) is 25.9 Å². The first-order valence-electron chi connectivity index (χ1n) is 11.9. The largest absolute Gasteiger partial charge is 0.376 e. The Bertz CT molecular complexity index is 985. The van der Waals surface area contributed by atoms with Crippen molar-refractivity contribution in [2.75, 3.05) is 45.9 Å². The number of carbonyl (C=O) groups excluding carboxylic acids is 3. The molecule has 0 bridgehead atoms. The molecule has 0 aromatic carbocycles. The number of thiophene rings is 2. The smallest absolute Gasteiger partial charge is 0.264 e. The number of likely N-dealkylation sites (tertiary alicyclic amines) is 1. The quantitative estimate of drug-likeness (QED) is 0.655. The Labute approximate surface area is 207 Å². The van der Waals surface area contributed by atoms with Crippen molar-refractivity contribution in [1.82, 2.24) is 20.0 Å². The zero-order valence-electron chi connectivity index (χ0n) is 19.1. The molecule has 0 spiro atoms. The molecule has 2 aromatic rings. The van der Waals surface area contributed by atoms with Gasteiger partial charge in [-0.25, -0.2) is 0 Å². The number of hydrogen-bond acceptors (Lipinski definition) is 7. The molecule has 3 atom stereocenters. The molecular formula is C24H30N4O4S2. The van der Waals surface area contributed by atoms with Gasteiger partial charge in [-0.1, -0.05) is 12.1 Å². The van der Waals surface area contributed by atoms with Gasteiger partial charge in [-0.3, -0.25) is 14.4 Å². The summed E-state index contributed by atoms with van der Waals surface area (Å²) in [5.41, 5.74) is 0. The SMILES string of the molecule is O=C(C1CC(N(CC2CCCO2)C(=O)c2cccs2)CN1C(=O)c1cccs1)N1CCNCC1. The van der Waals surface area contributed by atoms with E-state index in [4.69, 9.17) is 4.74 Å². The van der Waals surface area contributed by atoms with Crippen LogP contribution in [-0.2, 0) is 9.53 Å². The highest BCUT2D eigenvalue weighted by atomic mass is 32.1. The summed E-state index contributed by atoms with van der Waals surface area (Å²) in [5, 5.41) is 7.05. The minimum Gasteiger partial charge on any atom is -0.376 e. The summed E-state index contributed by atoms with van der Waals surface area (Å²) in [6, 6.07) is 6.55. The lowest BCUT2D eigenvalue weighted by atomic mass is 10.1. The number of amides is 3. The van der Waals surface area contributed by atoms with E-state index in [1.807, 2.05) is 38.8 Å². The molecule has 5 heterocycles. The first-order chi connectivity index (χ1) is 16.6. The van der Waals surface area contributed by atoms with Gasteiger partial charge in [-0.05, 0) is 42.2 Å². The molecule has 3 amide bonds. The molecule has 8 nitrogen and oxygen atoms in total. The van der Waals surface area contributed by atoms with E-state index < -0.39 is 6.04 Å². The van der Waals surface area contributed by atoms with Crippen molar-refractivity contribution >= 4 is 40.4 Å². The molecule has 10 heteroatoms. The number of piperazine rings is 1. The molecule has 3 aliphatic rings. The number of ether oxygens (including phenoxy) is 1. The van der Waals surface area contributed by atoms with Crippen molar-refractivity contribution < 1.29 is 19.1 Å². The van der Waals surface area contributed by atoms with Gasteiger partial charge in [-0.2, -0.15) is 0 Å². The maximum atomic E-state index is 13.6. The van der Waals surface area contributed by atoms with Gasteiger partial charge in [0.2, 0.25) is 5.91 Å². The molecule has 182 valence electrons. The number of rotatable bonds is 6. The summed E-state index contributed by atoms with van der Waals surface area (Å²) in [7, 11) is 0. The number of hydrogen-bond donors (Lipinski definition) is 1. The number of nitrogens with one attached hydrogen (secondary N) is 1. The van der Waals surface area contributed by atoms with Gasteiger partial charge in [0.25, 0.3) is 11.8 Å². The van der Waals surface area contributed by atoms with E-state index in [1.165, 1.54) is 22.7 Å². The summed E-state index contributed by atoms with van der Waals surface area (Å²) in [5.74, 6) is -0.199. The van der Waals surface area contributed by atoms with Crippen molar-refractivity contribution in [3.63, 3.8) is 0 Å². The van der Waals surface area contributed by atoms with Gasteiger partial charge >= 0.3 is 0 Å². The van der Waals surface area contributed by atoms with Crippen molar-refractivity contribution in [2.24, 2.45) is 0 Å². The molecular weight excluding hydrogens is 472 g/mol. The van der Waals surface area contributed by atoms with Crippen LogP contribution >= 0.6 is 22.7 Å². The van der Waals surface area contributed by atoms with Crippen molar-refractivity contribution in [1.29, 1.82) is 0 Å². The third-order valence-corrected chi connectivity index (χ3v) is 8.56. The van der Waals surface area contributed by atoms with Gasteiger partial charge in [-0.15, -0.1) is 22.7 Å². The molecule has 0 radical (unpaired) electrons. The fourth-order valence-electron chi connectivity index (χ4n) is 5.08. The molecule has 34 heavy (non-hydrogen) atoms. The van der Waals surface area contributed by atoms with Crippen molar-refractivity contribution in [3.05, 3.63) is 44.8 Å². The third-order valence-electron chi connectivity index (χ3n) is 6.84. The zero-order valence-corrected chi connectivity index (χ0v) is 20.7. The highest BCUT2D eigenvalue weighted by Gasteiger charge is 2.45. The van der Waals surface area contributed by atoms with Crippen molar-refractivity contribution in [3.8, 4) is 0 Å². The van der Waals surface area contributed by atoms with E-state index in [0.29, 0.717) is 49.0 Å². The standard InChI is InChI=1S/C24H30N4O4S2/c29-22(26-9-7-25-8-10-26)19-14-17(15-28(19)24(31)21-6-3-13-34-21)27(16-18-4-1-11-32-18)23(30)20-5-2-12-33-20/h2-3,5-6,12-13,17-19,25H,1,4,7-11,14-16H2. The minimum atomic E-state index is -0.569. The summed E-state index contributed by atoms with van der Waals surface area (Å²) in [4.78, 5) is 47.3. The molecule has 1 N–H and O–H groups in total. The minimum absolute atomic E-state index is 0.00622. The topological polar surface area (TPSA) is 82.2 Å². The van der Waals surface area contributed by atoms with Crippen LogP contribution in [0.15, 0.2) is 35.0 Å². The van der Waals surface area contributed by atoms with Crippen LogP contribution in [-0.4, -0.2) is 96.5 Å². The Morgan fingerprint density at radius 1 is 1.09 bits per heavy atom. The molecule has 0 aliphatic carbocycles. The Hall–Kier alpha value is -2.27. The lowest BCUT2D eigenvalue weighted by molar-refractivity contribution is -0.135. The summed E-state index contributed by atoms with van der Waals surface area (Å²) in [6.07, 6.45) is 2.35. The average Bonchev–Trinajstić information content (AvgIpc) is 3.69. The number of carbonyl (C=O) groups is 3. The highest BCUT2D eigenvalue weighted by Crippen LogP contribution is 2.30. The van der Waals surface area contributed by atoms with E-state index in [-0.39, 0.29) is 29.9 Å². The Balaban J connectivity index is 1.42. The molecule has 3 saturated heterocycles. The molecule has 3 fully saturated rings. The van der Waals surface area contributed by atoms with Gasteiger partial charge in [0.15, 0.2) is 0 Å². The molecule has 3 aliphatic heterocycles. The first kappa shape index (κ1) is 23.5. The van der Waals surface area contributed by atoms with Crippen LogP contribution in [0.25, 0.3) is 0 Å². The second-order valence-electron chi connectivity index (χ2n) is 8.99. The van der Waals surface area contributed by atoms with Crippen LogP contribution in [0.5, 0.6) is 0 Å². The van der Waals surface area contributed by atoms with E-state index in [9.17, 15) is 14.4 Å². The third kappa shape index (κ3) is 4.91. The summed E-state index contributed by atoms with van der Waals surface area (Å²) >= 11 is 2.80. The zero-order chi connectivity index (χ0) is 23.5. The lowest BCUT2D eigenvalue weighted by Crippen LogP contribution is -2.53. The number of nitrogens with zero attached hydrogens (tertiary/aromatic N) is 3. The first-order valence-corrected chi connectivity index (χ1v) is 13.7. The maximum Gasteiger partial charge on any atom is 0.264 e. The normalized spacial score (nSPS) is 25.0. The van der Waals surface area contributed by atoms with E-state index in [1.54, 1.807) is 11.0 Å². The Morgan fingerprint density at radius 2 is 1.82 bits per heavy atom. The van der Waals surface area contributed by atoms with Crippen LogP contribution in [0.1, 0.15) is 38.6 Å². The van der Waals surface area contributed by atoms with Gasteiger partial charge in [0, 0.05) is 45.9 Å². The van der Waals surface area contributed by atoms with Gasteiger partial charge < -0.3 is 24.8 Å². The predicted octanol–water partition coefficient (Wildman–Crippen LogP) is 2.15. The second kappa shape index (κ2) is 10.6. The van der Waals surface area contributed by atoms with Crippen LogP contribution < -0.4 is 5.32 Å². The molecule has 0 saturated carbocycles. The predicted molar refractivity (Wildman–Crippen MR) is 131 cm³/mol. The summed E-state index contributed by atoms with van der Waals surface area (Å²) < 4.78 is 5.86. The summed E-state index contributed by atoms with van der Waals surface area (Å²) in [6.45, 7) is 4.32. The van der Waals surface area contributed by atoms with Crippen LogP contribution in [0, 0.1) is 0 Å². The maximum absolute atomic E-state index is 13.6. The molecule has 3 unspecified atom stereocenters. The van der Waals surface area contributed by atoms with Crippen molar-refractivity contribution in [2.45, 2.75) is 37.5 Å². The lowest BCUT2D eigenvalue weighted by Gasteiger charge is -2.32. The Kier molecular flexibility index (Phi) is 7.29. The Morgan fingerprint density at radius 3 is 2.47 bits per heavy atom. The fourth-order valence-corrected chi connectivity index (χ4v) is 6.44. The van der Waals surface area contributed by atoms with Crippen LogP contribution in [0.4, 0.5) is 0 Å². The molecule has 2 aromatic heterocycles. The van der Waals surface area contributed by atoms with E-state index >= 15 is 0 Å². The van der Waals surface area contributed by atoms with E-state index in [2.05, 4.69) is 5.32 Å². The second-order valence-corrected chi connectivity index (χ2v) is 10.9. The van der Waals surface area contributed by atoms with Gasteiger partial charge in [0.05, 0.1) is 21.9 Å². The monoisotopic (exact) mass is 502 g/mol. The average molecular weight is 503 g/mol. The fraction of sp³-hybridized carbons (Fsp3) is 0.542. The van der Waals surface area contributed by atoms with Crippen LogP contribution in [0.3, 0.4) is 0 Å². The molecule has 5 rings (SSSR count). The highest BCUT2D eigenvalue weighted by molar-refractivity contribution is 7.12. The van der Waals surface area contributed by atoms with Crippen LogP contribution in [0.2, 0.25) is 0 Å². The van der Waals surface area contributed by atoms with Gasteiger partial charge in [0.1, 0.15) is 6.04 Å².